The molecular weight excluding hydrogens is 749 g/mol. The highest BCUT2D eigenvalue weighted by Gasteiger charge is 2.20. The van der Waals surface area contributed by atoms with Crippen LogP contribution in [0.2, 0.25) is 0 Å². The van der Waals surface area contributed by atoms with Gasteiger partial charge in [0.2, 0.25) is 0 Å². The first-order chi connectivity index (χ1) is 30.7. The van der Waals surface area contributed by atoms with Gasteiger partial charge in [0.05, 0.1) is 5.69 Å². The van der Waals surface area contributed by atoms with Crippen molar-refractivity contribution < 1.29 is 0 Å². The maximum atomic E-state index is 2.40. The minimum absolute atomic E-state index is 0.390. The predicted molar refractivity (Wildman–Crippen MR) is 263 cm³/mol. The highest BCUT2D eigenvalue weighted by Crippen LogP contribution is 2.43. The summed E-state index contributed by atoms with van der Waals surface area (Å²) in [6.07, 6.45) is 9.87. The Bertz CT molecular complexity index is 2830. The van der Waals surface area contributed by atoms with Gasteiger partial charge >= 0.3 is 0 Å². The van der Waals surface area contributed by atoms with Crippen LogP contribution in [0, 0.1) is 0 Å². The fourth-order valence-corrected chi connectivity index (χ4v) is 8.58. The summed E-state index contributed by atoms with van der Waals surface area (Å²) in [5, 5.41) is 0. The minimum Gasteiger partial charge on any atom is -0.311 e. The van der Waals surface area contributed by atoms with E-state index in [2.05, 4.69) is 271 Å². The average molecular weight is 795 g/mol. The van der Waals surface area contributed by atoms with E-state index in [4.69, 9.17) is 0 Å². The summed E-state index contributed by atoms with van der Waals surface area (Å²) in [7, 11) is 0. The van der Waals surface area contributed by atoms with Crippen molar-refractivity contribution in [2.75, 3.05) is 9.80 Å². The third-order valence-electron chi connectivity index (χ3n) is 11.8. The molecule has 10 rings (SSSR count). The van der Waals surface area contributed by atoms with Crippen molar-refractivity contribution in [1.29, 1.82) is 0 Å². The van der Waals surface area contributed by atoms with Crippen LogP contribution in [-0.2, 0) is 0 Å². The Hall–Kier alpha value is -7.94. The molecule has 0 aliphatic heterocycles. The van der Waals surface area contributed by atoms with Gasteiger partial charge < -0.3 is 9.80 Å². The molecule has 296 valence electrons. The maximum absolute atomic E-state index is 2.40. The summed E-state index contributed by atoms with van der Waals surface area (Å²) >= 11 is 0. The number of hydrogen-bond acceptors (Lipinski definition) is 2. The van der Waals surface area contributed by atoms with Crippen molar-refractivity contribution in [3.63, 3.8) is 0 Å². The molecule has 9 aromatic rings. The Labute approximate surface area is 365 Å². The second-order valence-electron chi connectivity index (χ2n) is 15.7. The first-order valence-corrected chi connectivity index (χ1v) is 21.4. The summed E-state index contributed by atoms with van der Waals surface area (Å²) < 4.78 is 0. The molecule has 1 atom stereocenters. The molecule has 0 amide bonds. The molecule has 1 unspecified atom stereocenters. The van der Waals surface area contributed by atoms with Crippen LogP contribution in [0.4, 0.5) is 34.1 Å². The lowest BCUT2D eigenvalue weighted by Gasteiger charge is -2.29. The van der Waals surface area contributed by atoms with E-state index in [-0.39, 0.29) is 0 Å². The fraction of sp³-hybridized carbons (Fsp3) is 0.0333. The molecular formula is C60H46N2. The van der Waals surface area contributed by atoms with Gasteiger partial charge in [-0.25, -0.2) is 0 Å². The molecule has 0 bridgehead atoms. The molecule has 0 saturated carbocycles. The van der Waals surface area contributed by atoms with Crippen LogP contribution in [0.3, 0.4) is 0 Å². The van der Waals surface area contributed by atoms with Gasteiger partial charge in [-0.1, -0.05) is 194 Å². The normalized spacial score (nSPS) is 13.1. The van der Waals surface area contributed by atoms with Gasteiger partial charge in [-0.05, 0) is 118 Å². The second kappa shape index (κ2) is 17.7. The average Bonchev–Trinajstić information content (AvgIpc) is 3.36. The molecule has 0 heterocycles. The first-order valence-electron chi connectivity index (χ1n) is 21.4. The monoisotopic (exact) mass is 794 g/mol. The molecule has 1 aliphatic rings. The topological polar surface area (TPSA) is 6.48 Å². The molecule has 0 spiro atoms. The summed E-state index contributed by atoms with van der Waals surface area (Å²) in [6, 6.07) is 85.4. The van der Waals surface area contributed by atoms with Gasteiger partial charge in [-0.3, -0.25) is 0 Å². The smallest absolute Gasteiger partial charge is 0.0540 e. The van der Waals surface area contributed by atoms with Crippen LogP contribution in [0.1, 0.15) is 17.9 Å². The van der Waals surface area contributed by atoms with Crippen molar-refractivity contribution in [1.82, 2.24) is 0 Å². The van der Waals surface area contributed by atoms with Gasteiger partial charge in [-0.2, -0.15) is 0 Å². The number of nitrogens with zero attached hydrogens (tertiary/aromatic N) is 2. The number of para-hydroxylation sites is 1. The van der Waals surface area contributed by atoms with E-state index in [1.165, 1.54) is 38.9 Å². The third-order valence-corrected chi connectivity index (χ3v) is 11.8. The van der Waals surface area contributed by atoms with Gasteiger partial charge in [-0.15, -0.1) is 0 Å². The van der Waals surface area contributed by atoms with Crippen LogP contribution in [0.25, 0.3) is 44.5 Å². The van der Waals surface area contributed by atoms with Crippen LogP contribution in [0.5, 0.6) is 0 Å². The van der Waals surface area contributed by atoms with E-state index < -0.39 is 0 Å². The molecule has 0 saturated heterocycles. The summed E-state index contributed by atoms with van der Waals surface area (Å²) in [5.41, 5.74) is 17.4. The zero-order chi connectivity index (χ0) is 41.5. The molecule has 2 nitrogen and oxygen atoms in total. The van der Waals surface area contributed by atoms with E-state index in [9.17, 15) is 0 Å². The van der Waals surface area contributed by atoms with Crippen LogP contribution in [0.15, 0.2) is 261 Å². The number of benzene rings is 9. The van der Waals surface area contributed by atoms with Gasteiger partial charge in [0.1, 0.15) is 0 Å². The van der Waals surface area contributed by atoms with Crippen LogP contribution in [-0.4, -0.2) is 0 Å². The van der Waals surface area contributed by atoms with Crippen molar-refractivity contribution in [2.24, 2.45) is 0 Å². The molecule has 2 heteroatoms. The maximum Gasteiger partial charge on any atom is 0.0540 e. The largest absolute Gasteiger partial charge is 0.311 e. The molecule has 0 N–H and O–H groups in total. The Morgan fingerprint density at radius 2 is 0.645 bits per heavy atom. The van der Waals surface area contributed by atoms with Crippen molar-refractivity contribution >= 4 is 34.1 Å². The standard InChI is InChI=1S/C60H46N2/c1-5-15-45(16-6-1)49-25-35-54(36-26-49)61(55-37-27-50(28-38-55)46-17-7-2-8-18-46)56-43-33-53(34-44-56)59-23-13-14-24-60(59)62(57-39-29-51(30-40-57)47-19-9-3-10-20-47)58-41-31-52(32-42-58)48-21-11-4-12-22-48/h1-21,23-44,48H,22H2. The Morgan fingerprint density at radius 3 is 1.06 bits per heavy atom. The number of hydrogen-bond donors (Lipinski definition) is 0. The Morgan fingerprint density at radius 1 is 0.290 bits per heavy atom. The Kier molecular flexibility index (Phi) is 10.9. The third kappa shape index (κ3) is 8.15. The lowest BCUT2D eigenvalue weighted by atomic mass is 9.92. The predicted octanol–water partition coefficient (Wildman–Crippen LogP) is 16.9. The summed E-state index contributed by atoms with van der Waals surface area (Å²) in [6.45, 7) is 0. The zero-order valence-corrected chi connectivity index (χ0v) is 34.5. The first kappa shape index (κ1) is 38.3. The Balaban J connectivity index is 1.03. The van der Waals surface area contributed by atoms with E-state index in [1.54, 1.807) is 0 Å². The summed E-state index contributed by atoms with van der Waals surface area (Å²) in [4.78, 5) is 4.74. The second-order valence-corrected chi connectivity index (χ2v) is 15.7. The molecule has 62 heavy (non-hydrogen) atoms. The van der Waals surface area contributed by atoms with E-state index in [1.807, 2.05) is 0 Å². The van der Waals surface area contributed by atoms with E-state index in [0.29, 0.717) is 5.92 Å². The van der Waals surface area contributed by atoms with Gasteiger partial charge in [0.25, 0.3) is 0 Å². The number of allylic oxidation sites excluding steroid dienone is 4. The highest BCUT2D eigenvalue weighted by molar-refractivity contribution is 5.90. The highest BCUT2D eigenvalue weighted by atomic mass is 15.1. The fourth-order valence-electron chi connectivity index (χ4n) is 8.58. The van der Waals surface area contributed by atoms with E-state index >= 15 is 0 Å². The molecule has 0 fully saturated rings. The molecule has 1 aliphatic carbocycles. The summed E-state index contributed by atoms with van der Waals surface area (Å²) in [5.74, 6) is 0.390. The van der Waals surface area contributed by atoms with Crippen molar-refractivity contribution in [3.8, 4) is 44.5 Å². The lowest BCUT2D eigenvalue weighted by molar-refractivity contribution is 0.854. The molecule has 0 radical (unpaired) electrons. The SMILES string of the molecule is C1=CCC(c2ccc(N(c3ccc(-c4ccccc4)cc3)c3ccccc3-c3ccc(N(c4ccc(-c5ccccc5)cc4)c4ccc(-c5ccccc5)cc4)cc3)cc2)C=C1. The van der Waals surface area contributed by atoms with Gasteiger partial charge in [0, 0.05) is 39.9 Å². The zero-order valence-electron chi connectivity index (χ0n) is 34.5. The lowest BCUT2D eigenvalue weighted by Crippen LogP contribution is -2.12. The minimum atomic E-state index is 0.390. The molecule has 0 aromatic heterocycles. The van der Waals surface area contributed by atoms with Crippen LogP contribution < -0.4 is 9.80 Å². The number of anilines is 6. The number of rotatable bonds is 11. The van der Waals surface area contributed by atoms with Crippen molar-refractivity contribution in [3.05, 3.63) is 266 Å². The van der Waals surface area contributed by atoms with Crippen molar-refractivity contribution in [2.45, 2.75) is 12.3 Å². The molecule has 9 aromatic carbocycles. The van der Waals surface area contributed by atoms with E-state index in [0.717, 1.165) is 51.7 Å². The van der Waals surface area contributed by atoms with Gasteiger partial charge in [0.15, 0.2) is 0 Å². The quantitative estimate of drug-likeness (QED) is 0.129. The van der Waals surface area contributed by atoms with Crippen LogP contribution >= 0.6 is 0 Å².